The molecule has 0 fully saturated rings. The van der Waals surface area contributed by atoms with Gasteiger partial charge in [-0.1, -0.05) is 6.08 Å². The lowest BCUT2D eigenvalue weighted by molar-refractivity contribution is -0.384. The van der Waals surface area contributed by atoms with E-state index in [1.165, 1.54) is 18.4 Å². The van der Waals surface area contributed by atoms with Crippen molar-refractivity contribution in [1.82, 2.24) is 0 Å². The largest absolute Gasteiger partial charge is 0.489 e. The van der Waals surface area contributed by atoms with Gasteiger partial charge >= 0.3 is 0 Å². The van der Waals surface area contributed by atoms with Crippen molar-refractivity contribution in [3.63, 3.8) is 0 Å². The SMILES string of the molecule is [2H]c1cc([N+](=O)[O-])ccc1C1C=CC=CO1. The minimum atomic E-state index is -0.515. The quantitative estimate of drug-likeness (QED) is 0.549. The Labute approximate surface area is 88.0 Å². The van der Waals surface area contributed by atoms with Crippen molar-refractivity contribution in [2.24, 2.45) is 0 Å². The molecule has 1 aromatic rings. The van der Waals surface area contributed by atoms with Crippen molar-refractivity contribution >= 4 is 5.69 Å². The highest BCUT2D eigenvalue weighted by Crippen LogP contribution is 2.23. The smallest absolute Gasteiger partial charge is 0.269 e. The number of allylic oxidation sites excluding steroid dienone is 2. The first-order valence-corrected chi connectivity index (χ1v) is 4.42. The molecule has 1 unspecified atom stereocenters. The number of benzene rings is 1. The molecule has 15 heavy (non-hydrogen) atoms. The summed E-state index contributed by atoms with van der Waals surface area (Å²) >= 11 is 0. The summed E-state index contributed by atoms with van der Waals surface area (Å²) in [6.45, 7) is 0. The monoisotopic (exact) mass is 204 g/mol. The normalized spacial score (nSPS) is 19.5. The summed E-state index contributed by atoms with van der Waals surface area (Å²) in [5, 5.41) is 10.5. The van der Waals surface area contributed by atoms with E-state index in [2.05, 4.69) is 0 Å². The minimum Gasteiger partial charge on any atom is -0.489 e. The highest BCUT2D eigenvalue weighted by molar-refractivity contribution is 5.35. The van der Waals surface area contributed by atoms with Crippen molar-refractivity contribution < 1.29 is 11.0 Å². The topological polar surface area (TPSA) is 52.4 Å². The number of hydrogen-bond donors (Lipinski definition) is 0. The molecule has 76 valence electrons. The number of nitro groups is 1. The number of nitro benzene ring substituents is 1. The molecule has 0 bridgehead atoms. The summed E-state index contributed by atoms with van der Waals surface area (Å²) in [6.07, 6.45) is 6.55. The van der Waals surface area contributed by atoms with E-state index < -0.39 is 4.92 Å². The molecule has 1 aliphatic rings. The van der Waals surface area contributed by atoms with E-state index in [-0.39, 0.29) is 17.8 Å². The first-order chi connectivity index (χ1) is 7.68. The van der Waals surface area contributed by atoms with Crippen LogP contribution in [0.3, 0.4) is 0 Å². The molecule has 1 heterocycles. The van der Waals surface area contributed by atoms with E-state index in [1.54, 1.807) is 18.2 Å². The fourth-order valence-corrected chi connectivity index (χ4v) is 1.28. The predicted octanol–water partition coefficient (Wildman–Crippen LogP) is 2.74. The molecule has 1 aliphatic heterocycles. The third-order valence-corrected chi connectivity index (χ3v) is 2.04. The molecular weight excluding hydrogens is 194 g/mol. The van der Waals surface area contributed by atoms with Crippen molar-refractivity contribution in [1.29, 1.82) is 0 Å². The molecule has 0 saturated heterocycles. The molecule has 0 spiro atoms. The van der Waals surface area contributed by atoms with Gasteiger partial charge in [-0.05, 0) is 29.8 Å². The van der Waals surface area contributed by atoms with E-state index in [9.17, 15) is 10.1 Å². The summed E-state index contributed by atoms with van der Waals surface area (Å²) in [6, 6.07) is 4.27. The van der Waals surface area contributed by atoms with Gasteiger partial charge in [-0.3, -0.25) is 10.1 Å². The van der Waals surface area contributed by atoms with Gasteiger partial charge in [-0.2, -0.15) is 0 Å². The van der Waals surface area contributed by atoms with E-state index in [0.29, 0.717) is 5.56 Å². The molecule has 0 aromatic heterocycles. The molecule has 1 aromatic carbocycles. The third-order valence-electron chi connectivity index (χ3n) is 2.04. The summed E-state index contributed by atoms with van der Waals surface area (Å²) in [5.41, 5.74) is 0.537. The van der Waals surface area contributed by atoms with Gasteiger partial charge in [0.15, 0.2) is 0 Å². The molecule has 0 N–H and O–H groups in total. The molecule has 2 rings (SSSR count). The second-order valence-electron chi connectivity index (χ2n) is 3.03. The molecule has 0 saturated carbocycles. The number of non-ortho nitro benzene ring substituents is 1. The van der Waals surface area contributed by atoms with Crippen LogP contribution >= 0.6 is 0 Å². The van der Waals surface area contributed by atoms with Crippen LogP contribution in [0.25, 0.3) is 0 Å². The zero-order valence-electron chi connectivity index (χ0n) is 8.79. The molecule has 4 heteroatoms. The summed E-state index contributed by atoms with van der Waals surface area (Å²) in [4.78, 5) is 9.99. The first kappa shape index (κ1) is 8.23. The molecule has 0 amide bonds. The summed E-state index contributed by atoms with van der Waals surface area (Å²) in [5.74, 6) is 0. The van der Waals surface area contributed by atoms with Crippen LogP contribution in [0, 0.1) is 10.1 Å². The summed E-state index contributed by atoms with van der Waals surface area (Å²) in [7, 11) is 0. The van der Waals surface area contributed by atoms with E-state index >= 15 is 0 Å². The lowest BCUT2D eigenvalue weighted by Gasteiger charge is -2.14. The van der Waals surface area contributed by atoms with Crippen LogP contribution in [-0.2, 0) is 4.74 Å². The number of ether oxygens (including phenoxy) is 1. The zero-order valence-corrected chi connectivity index (χ0v) is 7.79. The van der Waals surface area contributed by atoms with Crippen molar-refractivity contribution in [3.8, 4) is 0 Å². The maximum atomic E-state index is 10.5. The van der Waals surface area contributed by atoms with Crippen LogP contribution in [0.2, 0.25) is 0 Å². The van der Waals surface area contributed by atoms with Crippen LogP contribution in [0.1, 0.15) is 13.0 Å². The highest BCUT2D eigenvalue weighted by Gasteiger charge is 2.11. The average Bonchev–Trinajstić information content (AvgIpc) is 2.30. The van der Waals surface area contributed by atoms with Gasteiger partial charge in [-0.15, -0.1) is 0 Å². The maximum absolute atomic E-state index is 10.5. The molecular formula is C11H9NO3. The van der Waals surface area contributed by atoms with E-state index in [4.69, 9.17) is 6.11 Å². The standard InChI is InChI=1S/C11H9NO3/c13-12(14)10-6-4-9(5-7-10)11-3-1-2-8-15-11/h1-8,11H/i4D. The van der Waals surface area contributed by atoms with E-state index in [0.717, 1.165) is 0 Å². The van der Waals surface area contributed by atoms with Gasteiger partial charge in [-0.25, -0.2) is 0 Å². The Morgan fingerprint density at radius 1 is 1.40 bits per heavy atom. The van der Waals surface area contributed by atoms with Gasteiger partial charge in [0.2, 0.25) is 0 Å². The molecule has 1 atom stereocenters. The maximum Gasteiger partial charge on any atom is 0.269 e. The van der Waals surface area contributed by atoms with Crippen LogP contribution in [-0.4, -0.2) is 4.92 Å². The predicted molar refractivity (Wildman–Crippen MR) is 55.2 cm³/mol. The van der Waals surface area contributed by atoms with Crippen molar-refractivity contribution in [2.75, 3.05) is 0 Å². The van der Waals surface area contributed by atoms with Gasteiger partial charge in [0.1, 0.15) is 6.10 Å². The Morgan fingerprint density at radius 3 is 2.87 bits per heavy atom. The lowest BCUT2D eigenvalue weighted by atomic mass is 10.1. The molecule has 4 nitrogen and oxygen atoms in total. The Kier molecular flexibility index (Phi) is 2.17. The van der Waals surface area contributed by atoms with Crippen LogP contribution < -0.4 is 0 Å². The van der Waals surface area contributed by atoms with Gasteiger partial charge in [0.25, 0.3) is 5.69 Å². The average molecular weight is 204 g/mol. The number of nitrogens with zero attached hydrogens (tertiary/aromatic N) is 1. The zero-order chi connectivity index (χ0) is 11.5. The van der Waals surface area contributed by atoms with Gasteiger partial charge in [0, 0.05) is 12.1 Å². The molecule has 0 radical (unpaired) electrons. The van der Waals surface area contributed by atoms with Crippen LogP contribution in [0.15, 0.2) is 48.7 Å². The second-order valence-corrected chi connectivity index (χ2v) is 3.03. The van der Waals surface area contributed by atoms with Crippen LogP contribution in [0.4, 0.5) is 5.69 Å². The first-order valence-electron chi connectivity index (χ1n) is 4.92. The van der Waals surface area contributed by atoms with Crippen LogP contribution in [0.5, 0.6) is 0 Å². The Hall–Kier alpha value is -2.10. The fraction of sp³-hybridized carbons (Fsp3) is 0.0909. The van der Waals surface area contributed by atoms with E-state index in [1.807, 2.05) is 6.08 Å². The fourth-order valence-electron chi connectivity index (χ4n) is 1.28. The summed E-state index contributed by atoms with van der Waals surface area (Å²) < 4.78 is 13.0. The number of rotatable bonds is 2. The third kappa shape index (κ3) is 2.04. The Morgan fingerprint density at radius 2 is 2.27 bits per heavy atom. The van der Waals surface area contributed by atoms with Gasteiger partial charge in [0.05, 0.1) is 12.6 Å². The second kappa shape index (κ2) is 3.96. The van der Waals surface area contributed by atoms with Crippen molar-refractivity contribution in [3.05, 3.63) is 64.4 Å². The number of hydrogen-bond acceptors (Lipinski definition) is 3. The molecule has 0 aliphatic carbocycles. The minimum absolute atomic E-state index is 0.0796. The Bertz CT molecular complexity index is 482. The lowest BCUT2D eigenvalue weighted by Crippen LogP contribution is -1.99. The van der Waals surface area contributed by atoms with Gasteiger partial charge < -0.3 is 4.74 Å². The highest BCUT2D eigenvalue weighted by atomic mass is 16.6. The Balaban J connectivity index is 2.32. The van der Waals surface area contributed by atoms with Crippen molar-refractivity contribution in [2.45, 2.75) is 6.10 Å².